The Balaban J connectivity index is 2.12. The summed E-state index contributed by atoms with van der Waals surface area (Å²) in [4.78, 5) is 0. The van der Waals surface area contributed by atoms with Crippen LogP contribution >= 0.6 is 0 Å². The van der Waals surface area contributed by atoms with Gasteiger partial charge >= 0.3 is 0 Å². The minimum Gasteiger partial charge on any atom is -0.158 e. The van der Waals surface area contributed by atoms with Gasteiger partial charge in [0.2, 0.25) is 0 Å². The van der Waals surface area contributed by atoms with Gasteiger partial charge in [-0.05, 0) is 47.9 Å². The molecule has 2 heteroatoms. The van der Waals surface area contributed by atoms with E-state index in [2.05, 4.69) is 78.6 Å². The fraction of sp³-hybridized carbons (Fsp3) is 0.100. The van der Waals surface area contributed by atoms with Crippen molar-refractivity contribution < 1.29 is 0 Å². The lowest BCUT2D eigenvalue weighted by Crippen LogP contribution is -1.94. The molecule has 0 radical (unpaired) electrons. The molecule has 4 rings (SSSR count). The first-order valence-corrected chi connectivity index (χ1v) is 7.45. The van der Waals surface area contributed by atoms with Gasteiger partial charge in [0.15, 0.2) is 0 Å². The summed E-state index contributed by atoms with van der Waals surface area (Å²) < 4.78 is 0. The van der Waals surface area contributed by atoms with Gasteiger partial charge < -0.3 is 0 Å². The zero-order valence-electron chi connectivity index (χ0n) is 12.7. The topological polar surface area (TPSA) is 25.8 Å². The first-order chi connectivity index (χ1) is 10.7. The fourth-order valence-electron chi connectivity index (χ4n) is 3.15. The summed E-state index contributed by atoms with van der Waals surface area (Å²) in [5.74, 6) is 0. The highest BCUT2D eigenvalue weighted by molar-refractivity contribution is 6.03. The normalized spacial score (nSPS) is 11.2. The Morgan fingerprint density at radius 2 is 1.41 bits per heavy atom. The van der Waals surface area contributed by atoms with E-state index in [1.54, 1.807) is 0 Å². The third-order valence-corrected chi connectivity index (χ3v) is 4.25. The Morgan fingerprint density at radius 1 is 0.727 bits per heavy atom. The van der Waals surface area contributed by atoms with E-state index in [4.69, 9.17) is 0 Å². The van der Waals surface area contributed by atoms with Crippen molar-refractivity contribution in [1.29, 1.82) is 0 Å². The molecule has 1 heterocycles. The van der Waals surface area contributed by atoms with Crippen LogP contribution in [0.2, 0.25) is 0 Å². The maximum atomic E-state index is 4.46. The van der Waals surface area contributed by atoms with Crippen molar-refractivity contribution in [2.45, 2.75) is 13.8 Å². The number of aryl methyl sites for hydroxylation is 2. The second-order valence-corrected chi connectivity index (χ2v) is 5.75. The molecule has 0 saturated heterocycles. The van der Waals surface area contributed by atoms with Gasteiger partial charge in [0.25, 0.3) is 0 Å². The van der Waals surface area contributed by atoms with Crippen molar-refractivity contribution in [3.8, 4) is 11.3 Å². The standard InChI is InChI=1S/C20H16N2/c1-13-6-5-7-14(2)19(13)20-18-11-16-9-4-3-8-15(16)10-17(18)12-21-22-20/h3-12H,1-2H3. The number of hydrogen-bond acceptors (Lipinski definition) is 2. The molecule has 0 atom stereocenters. The summed E-state index contributed by atoms with van der Waals surface area (Å²) in [7, 11) is 0. The predicted molar refractivity (Wildman–Crippen MR) is 92.0 cm³/mol. The molecule has 0 aliphatic rings. The Bertz CT molecular complexity index is 983. The van der Waals surface area contributed by atoms with Crippen LogP contribution in [-0.4, -0.2) is 10.2 Å². The maximum Gasteiger partial charge on any atom is 0.101 e. The second kappa shape index (κ2) is 4.92. The Labute approximate surface area is 129 Å². The molecular formula is C20H16N2. The third kappa shape index (κ3) is 1.96. The van der Waals surface area contributed by atoms with Crippen molar-refractivity contribution in [2.24, 2.45) is 0 Å². The molecule has 0 fully saturated rings. The minimum atomic E-state index is 0.971. The molecule has 0 aliphatic heterocycles. The number of hydrogen-bond donors (Lipinski definition) is 0. The highest BCUT2D eigenvalue weighted by Gasteiger charge is 2.12. The van der Waals surface area contributed by atoms with E-state index < -0.39 is 0 Å². The van der Waals surface area contributed by atoms with Crippen LogP contribution in [0.25, 0.3) is 32.8 Å². The lowest BCUT2D eigenvalue weighted by Gasteiger charge is -2.11. The van der Waals surface area contributed by atoms with Crippen LogP contribution < -0.4 is 0 Å². The monoisotopic (exact) mass is 284 g/mol. The molecule has 0 spiro atoms. The molecule has 2 nitrogen and oxygen atoms in total. The number of fused-ring (bicyclic) bond motifs is 2. The van der Waals surface area contributed by atoms with Crippen molar-refractivity contribution in [1.82, 2.24) is 10.2 Å². The van der Waals surface area contributed by atoms with Crippen LogP contribution in [0.4, 0.5) is 0 Å². The largest absolute Gasteiger partial charge is 0.158 e. The van der Waals surface area contributed by atoms with Crippen LogP contribution in [0, 0.1) is 13.8 Å². The summed E-state index contributed by atoms with van der Waals surface area (Å²) in [5, 5.41) is 13.4. The molecule has 4 aromatic rings. The van der Waals surface area contributed by atoms with Crippen molar-refractivity contribution in [3.63, 3.8) is 0 Å². The van der Waals surface area contributed by atoms with E-state index in [0.29, 0.717) is 0 Å². The fourth-order valence-corrected chi connectivity index (χ4v) is 3.15. The van der Waals surface area contributed by atoms with Crippen LogP contribution in [-0.2, 0) is 0 Å². The molecule has 3 aromatic carbocycles. The number of aromatic nitrogens is 2. The zero-order valence-corrected chi connectivity index (χ0v) is 12.7. The molecule has 0 saturated carbocycles. The molecule has 1 aromatic heterocycles. The lowest BCUT2D eigenvalue weighted by atomic mass is 9.95. The van der Waals surface area contributed by atoms with E-state index >= 15 is 0 Å². The molecule has 0 aliphatic carbocycles. The molecule has 22 heavy (non-hydrogen) atoms. The summed E-state index contributed by atoms with van der Waals surface area (Å²) >= 11 is 0. The van der Waals surface area contributed by atoms with Gasteiger partial charge in [-0.25, -0.2) is 0 Å². The minimum absolute atomic E-state index is 0.971. The molecule has 0 bridgehead atoms. The summed E-state index contributed by atoms with van der Waals surface area (Å²) in [6.45, 7) is 4.26. The zero-order chi connectivity index (χ0) is 15.1. The molecule has 0 N–H and O–H groups in total. The van der Waals surface area contributed by atoms with E-state index in [1.807, 2.05) is 6.20 Å². The predicted octanol–water partition coefficient (Wildman–Crippen LogP) is 5.07. The molecule has 106 valence electrons. The quantitative estimate of drug-likeness (QED) is 0.456. The highest BCUT2D eigenvalue weighted by Crippen LogP contribution is 2.32. The van der Waals surface area contributed by atoms with Gasteiger partial charge in [-0.1, -0.05) is 42.5 Å². The third-order valence-electron chi connectivity index (χ3n) is 4.25. The average Bonchev–Trinajstić information content (AvgIpc) is 2.53. The van der Waals surface area contributed by atoms with Crippen molar-refractivity contribution >= 4 is 21.5 Å². The lowest BCUT2D eigenvalue weighted by molar-refractivity contribution is 1.05. The average molecular weight is 284 g/mol. The number of nitrogens with zero attached hydrogens (tertiary/aromatic N) is 2. The van der Waals surface area contributed by atoms with Crippen LogP contribution in [0.1, 0.15) is 11.1 Å². The smallest absolute Gasteiger partial charge is 0.101 e. The van der Waals surface area contributed by atoms with E-state index in [9.17, 15) is 0 Å². The van der Waals surface area contributed by atoms with Crippen molar-refractivity contribution in [3.05, 3.63) is 71.9 Å². The molecular weight excluding hydrogens is 268 g/mol. The maximum absolute atomic E-state index is 4.46. The summed E-state index contributed by atoms with van der Waals surface area (Å²) in [6, 6.07) is 19.2. The van der Waals surface area contributed by atoms with E-state index in [-0.39, 0.29) is 0 Å². The Hall–Kier alpha value is -2.74. The van der Waals surface area contributed by atoms with Gasteiger partial charge in [-0.3, -0.25) is 0 Å². The Kier molecular flexibility index (Phi) is 2.90. The number of benzene rings is 3. The summed E-state index contributed by atoms with van der Waals surface area (Å²) in [5.41, 5.74) is 4.62. The Morgan fingerprint density at radius 3 is 2.14 bits per heavy atom. The highest BCUT2D eigenvalue weighted by atomic mass is 15.1. The van der Waals surface area contributed by atoms with Gasteiger partial charge in [0, 0.05) is 16.3 Å². The molecule has 0 amide bonds. The molecule has 0 unspecified atom stereocenters. The van der Waals surface area contributed by atoms with Crippen molar-refractivity contribution in [2.75, 3.05) is 0 Å². The summed E-state index contributed by atoms with van der Waals surface area (Å²) in [6.07, 6.45) is 1.85. The van der Waals surface area contributed by atoms with Gasteiger partial charge in [-0.15, -0.1) is 5.10 Å². The first-order valence-electron chi connectivity index (χ1n) is 7.45. The van der Waals surface area contributed by atoms with Crippen LogP contribution in [0.3, 0.4) is 0 Å². The van der Waals surface area contributed by atoms with Crippen LogP contribution in [0.5, 0.6) is 0 Å². The van der Waals surface area contributed by atoms with Gasteiger partial charge in [0.1, 0.15) is 5.69 Å². The first kappa shape index (κ1) is 13.0. The number of rotatable bonds is 1. The van der Waals surface area contributed by atoms with Crippen LogP contribution in [0.15, 0.2) is 60.8 Å². The second-order valence-electron chi connectivity index (χ2n) is 5.75. The van der Waals surface area contributed by atoms with E-state index in [0.717, 1.165) is 16.5 Å². The van der Waals surface area contributed by atoms with Gasteiger partial charge in [0.05, 0.1) is 6.20 Å². The van der Waals surface area contributed by atoms with E-state index in [1.165, 1.54) is 27.5 Å². The van der Waals surface area contributed by atoms with Gasteiger partial charge in [-0.2, -0.15) is 5.10 Å². The SMILES string of the molecule is Cc1cccc(C)c1-c1nncc2cc3ccccc3cc12.